The van der Waals surface area contributed by atoms with Gasteiger partial charge in [0.05, 0.1) is 14.2 Å². The molecule has 31 heavy (non-hydrogen) atoms. The molecule has 172 valence electrons. The Bertz CT molecular complexity index is 789. The van der Waals surface area contributed by atoms with Crippen molar-refractivity contribution in [2.24, 2.45) is 0 Å². The lowest BCUT2D eigenvalue weighted by molar-refractivity contribution is 0.408. The summed E-state index contributed by atoms with van der Waals surface area (Å²) in [6.45, 7) is 2.25. The highest BCUT2D eigenvalue weighted by atomic mass is 79.9. The van der Waals surface area contributed by atoms with Crippen molar-refractivity contribution in [2.75, 3.05) is 24.9 Å². The zero-order chi connectivity index (χ0) is 22.5. The van der Waals surface area contributed by atoms with Crippen LogP contribution in [0, 0.1) is 6.92 Å². The Morgan fingerprint density at radius 2 is 1.26 bits per heavy atom. The number of halogens is 2. The minimum absolute atomic E-state index is 1.00. The number of hydrogen-bond donors (Lipinski definition) is 0. The zero-order valence-electron chi connectivity index (χ0n) is 19.4. The van der Waals surface area contributed by atoms with Gasteiger partial charge in [-0.25, -0.2) is 0 Å². The zero-order valence-corrected chi connectivity index (χ0v) is 22.6. The Hall–Kier alpha value is -1.00. The van der Waals surface area contributed by atoms with Crippen LogP contribution in [0.15, 0.2) is 30.3 Å². The molecule has 0 aromatic heterocycles. The summed E-state index contributed by atoms with van der Waals surface area (Å²) in [5, 5.41) is 2.20. The molecule has 0 aliphatic carbocycles. The van der Waals surface area contributed by atoms with Crippen LogP contribution in [-0.2, 0) is 12.8 Å². The molecule has 0 saturated heterocycles. The van der Waals surface area contributed by atoms with Crippen LogP contribution >= 0.6 is 31.9 Å². The molecule has 0 amide bonds. The van der Waals surface area contributed by atoms with E-state index in [4.69, 9.17) is 9.47 Å². The van der Waals surface area contributed by atoms with E-state index in [1.165, 1.54) is 79.2 Å². The van der Waals surface area contributed by atoms with Crippen LogP contribution in [0.1, 0.15) is 68.1 Å². The average Bonchev–Trinajstić information content (AvgIpc) is 2.79. The lowest BCUT2D eigenvalue weighted by Gasteiger charge is -2.17. The summed E-state index contributed by atoms with van der Waals surface area (Å²) < 4.78 is 11.4. The fraction of sp³-hybridized carbons (Fsp3) is 0.556. The van der Waals surface area contributed by atoms with Crippen LogP contribution in [-0.4, -0.2) is 24.9 Å². The molecule has 0 N–H and O–H groups in total. The Labute approximate surface area is 206 Å². The van der Waals surface area contributed by atoms with Gasteiger partial charge in [0.1, 0.15) is 11.5 Å². The van der Waals surface area contributed by atoms with Crippen molar-refractivity contribution in [2.45, 2.75) is 71.1 Å². The number of ether oxygens (including phenoxy) is 2. The minimum atomic E-state index is 1.00. The molecule has 0 saturated carbocycles. The molecule has 2 aromatic rings. The fourth-order valence-electron chi connectivity index (χ4n) is 4.20. The van der Waals surface area contributed by atoms with Gasteiger partial charge in [-0.1, -0.05) is 69.7 Å². The molecule has 0 atom stereocenters. The van der Waals surface area contributed by atoms with Crippen molar-refractivity contribution in [3.63, 3.8) is 0 Å². The molecule has 0 radical (unpaired) electrons. The number of aryl methyl sites for hydroxylation is 1. The van der Waals surface area contributed by atoms with Gasteiger partial charge in [-0.3, -0.25) is 0 Å². The summed E-state index contributed by atoms with van der Waals surface area (Å²) in [5.74, 6) is 2.02. The van der Waals surface area contributed by atoms with Crippen molar-refractivity contribution in [3.05, 3.63) is 47.0 Å². The summed E-state index contributed by atoms with van der Waals surface area (Å²) in [6.07, 6.45) is 12.1. The van der Waals surface area contributed by atoms with E-state index >= 15 is 0 Å². The SMILES string of the molecule is COc1ccc(-c2ccc(OC)c(CCCCCCBr)c2C)cc1CCCCCCBr. The first-order valence-electron chi connectivity index (χ1n) is 11.6. The second-order valence-corrected chi connectivity index (χ2v) is 9.74. The molecule has 2 rings (SSSR count). The van der Waals surface area contributed by atoms with Crippen molar-refractivity contribution in [1.29, 1.82) is 0 Å². The van der Waals surface area contributed by atoms with Crippen LogP contribution in [0.25, 0.3) is 11.1 Å². The van der Waals surface area contributed by atoms with E-state index in [1.54, 1.807) is 14.2 Å². The van der Waals surface area contributed by atoms with E-state index < -0.39 is 0 Å². The number of rotatable bonds is 15. The highest BCUT2D eigenvalue weighted by molar-refractivity contribution is 9.09. The third kappa shape index (κ3) is 8.13. The van der Waals surface area contributed by atoms with Gasteiger partial charge in [0.25, 0.3) is 0 Å². The second kappa shape index (κ2) is 14.9. The molecule has 0 heterocycles. The quantitative estimate of drug-likeness (QED) is 0.162. The normalized spacial score (nSPS) is 11.0. The molecular formula is C27H38Br2O2. The van der Waals surface area contributed by atoms with E-state index in [0.29, 0.717) is 0 Å². The van der Waals surface area contributed by atoms with Gasteiger partial charge in [-0.2, -0.15) is 0 Å². The summed E-state index contributed by atoms with van der Waals surface area (Å²) in [7, 11) is 3.56. The third-order valence-corrected chi connectivity index (χ3v) is 7.13. The summed E-state index contributed by atoms with van der Waals surface area (Å²) in [5.41, 5.74) is 6.58. The predicted molar refractivity (Wildman–Crippen MR) is 142 cm³/mol. The highest BCUT2D eigenvalue weighted by Crippen LogP contribution is 2.35. The van der Waals surface area contributed by atoms with Crippen molar-refractivity contribution in [1.82, 2.24) is 0 Å². The highest BCUT2D eigenvalue weighted by Gasteiger charge is 2.14. The standard InChI is InChI=1S/C27H38Br2O2/c1-21-24(15-17-27(31-3)25(21)13-9-5-7-11-19-29)22-14-16-26(30-2)23(20-22)12-8-4-6-10-18-28/h14-17,20H,4-13,18-19H2,1-3H3. The summed E-state index contributed by atoms with van der Waals surface area (Å²) >= 11 is 7.05. The third-order valence-electron chi connectivity index (χ3n) is 6.01. The number of hydrogen-bond acceptors (Lipinski definition) is 2. The predicted octanol–water partition coefficient (Wildman–Crippen LogP) is 8.67. The first-order chi connectivity index (χ1) is 15.2. The van der Waals surface area contributed by atoms with E-state index in [2.05, 4.69) is 69.1 Å². The monoisotopic (exact) mass is 552 g/mol. The molecule has 0 bridgehead atoms. The summed E-state index contributed by atoms with van der Waals surface area (Å²) in [6, 6.07) is 11.0. The number of methoxy groups -OCH3 is 2. The van der Waals surface area contributed by atoms with Gasteiger partial charge in [0.15, 0.2) is 0 Å². The smallest absolute Gasteiger partial charge is 0.122 e. The van der Waals surface area contributed by atoms with E-state index in [1.807, 2.05) is 0 Å². The van der Waals surface area contributed by atoms with Crippen LogP contribution in [0.4, 0.5) is 0 Å². The van der Waals surface area contributed by atoms with Crippen molar-refractivity contribution in [3.8, 4) is 22.6 Å². The Morgan fingerprint density at radius 3 is 1.87 bits per heavy atom. The number of benzene rings is 2. The molecule has 2 nitrogen and oxygen atoms in total. The van der Waals surface area contributed by atoms with Crippen LogP contribution in [0.5, 0.6) is 11.5 Å². The lowest BCUT2D eigenvalue weighted by Crippen LogP contribution is -1.99. The lowest BCUT2D eigenvalue weighted by atomic mass is 9.91. The molecule has 0 aliphatic rings. The molecule has 0 spiro atoms. The topological polar surface area (TPSA) is 18.5 Å². The van der Waals surface area contributed by atoms with E-state index in [-0.39, 0.29) is 0 Å². The van der Waals surface area contributed by atoms with Crippen molar-refractivity contribution < 1.29 is 9.47 Å². The molecule has 2 aromatic carbocycles. The number of unbranched alkanes of at least 4 members (excludes halogenated alkanes) is 6. The maximum Gasteiger partial charge on any atom is 0.122 e. The first-order valence-corrected chi connectivity index (χ1v) is 13.9. The maximum absolute atomic E-state index is 5.71. The van der Waals surface area contributed by atoms with Gasteiger partial charge in [-0.15, -0.1) is 0 Å². The van der Waals surface area contributed by atoms with Gasteiger partial charge in [0.2, 0.25) is 0 Å². The molecule has 0 aliphatic heterocycles. The maximum atomic E-state index is 5.71. The van der Waals surface area contributed by atoms with Crippen LogP contribution < -0.4 is 9.47 Å². The van der Waals surface area contributed by atoms with Gasteiger partial charge >= 0.3 is 0 Å². The molecule has 0 fully saturated rings. The largest absolute Gasteiger partial charge is 0.496 e. The van der Waals surface area contributed by atoms with Gasteiger partial charge in [-0.05, 0) is 91.5 Å². The average molecular weight is 554 g/mol. The Balaban J connectivity index is 2.22. The van der Waals surface area contributed by atoms with Crippen LogP contribution in [0.3, 0.4) is 0 Å². The van der Waals surface area contributed by atoms with Gasteiger partial charge in [0, 0.05) is 10.7 Å². The molecule has 0 unspecified atom stereocenters. The second-order valence-electron chi connectivity index (χ2n) is 8.15. The van der Waals surface area contributed by atoms with Gasteiger partial charge < -0.3 is 9.47 Å². The Kier molecular flexibility index (Phi) is 12.7. The Morgan fingerprint density at radius 1 is 0.677 bits per heavy atom. The molecular weight excluding hydrogens is 516 g/mol. The minimum Gasteiger partial charge on any atom is -0.496 e. The van der Waals surface area contributed by atoms with Crippen LogP contribution in [0.2, 0.25) is 0 Å². The summed E-state index contributed by atoms with van der Waals surface area (Å²) in [4.78, 5) is 0. The first kappa shape index (κ1) is 26.3. The van der Waals surface area contributed by atoms with E-state index in [9.17, 15) is 0 Å². The molecule has 4 heteroatoms. The van der Waals surface area contributed by atoms with Crippen molar-refractivity contribution >= 4 is 31.9 Å². The van der Waals surface area contributed by atoms with E-state index in [0.717, 1.165) is 35.0 Å². The fourth-order valence-corrected chi connectivity index (χ4v) is 4.99. The number of alkyl halides is 2.